The number of carbonyl (C=O) groups is 1. The maximum absolute atomic E-state index is 11.9. The SMILES string of the molecule is Cn1c(=NC(=O)/C=C/c2cccs2)sc2cccc(Cl)c21. The van der Waals surface area contributed by atoms with Crippen molar-refractivity contribution in [2.24, 2.45) is 12.0 Å². The average Bonchev–Trinajstić information content (AvgIpc) is 3.07. The number of thiazole rings is 1. The van der Waals surface area contributed by atoms with E-state index >= 15 is 0 Å². The molecule has 21 heavy (non-hydrogen) atoms. The van der Waals surface area contributed by atoms with Crippen molar-refractivity contribution in [3.05, 3.63) is 56.5 Å². The molecule has 2 heterocycles. The van der Waals surface area contributed by atoms with Gasteiger partial charge in [-0.3, -0.25) is 4.79 Å². The van der Waals surface area contributed by atoms with E-state index in [0.717, 1.165) is 15.1 Å². The number of aryl methyl sites for hydroxylation is 1. The quantitative estimate of drug-likeness (QED) is 0.650. The second kappa shape index (κ2) is 5.97. The van der Waals surface area contributed by atoms with Crippen LogP contribution in [0.2, 0.25) is 5.02 Å². The standard InChI is InChI=1S/C15H11ClN2OS2/c1-18-14-11(16)5-2-6-12(14)21-15(18)17-13(19)8-7-10-4-3-9-20-10/h2-9H,1H3/b8-7+,17-15?. The lowest BCUT2D eigenvalue weighted by atomic mass is 10.3. The van der Waals surface area contributed by atoms with Crippen LogP contribution in [0.4, 0.5) is 0 Å². The van der Waals surface area contributed by atoms with Gasteiger partial charge in [-0.15, -0.1) is 11.3 Å². The van der Waals surface area contributed by atoms with Crippen LogP contribution in [0.25, 0.3) is 16.3 Å². The van der Waals surface area contributed by atoms with Crippen molar-refractivity contribution >= 4 is 56.5 Å². The number of benzene rings is 1. The Morgan fingerprint density at radius 3 is 2.90 bits per heavy atom. The number of hydrogen-bond acceptors (Lipinski definition) is 3. The Kier molecular flexibility index (Phi) is 4.05. The molecule has 3 rings (SSSR count). The third kappa shape index (κ3) is 3.00. The highest BCUT2D eigenvalue weighted by Gasteiger charge is 2.06. The summed E-state index contributed by atoms with van der Waals surface area (Å²) >= 11 is 9.22. The number of para-hydroxylation sites is 1. The molecule has 6 heteroatoms. The van der Waals surface area contributed by atoms with Crippen LogP contribution >= 0.6 is 34.3 Å². The molecule has 0 radical (unpaired) electrons. The normalized spacial score (nSPS) is 12.6. The van der Waals surface area contributed by atoms with Crippen LogP contribution in [0.3, 0.4) is 0 Å². The summed E-state index contributed by atoms with van der Waals surface area (Å²) in [4.78, 5) is 17.7. The molecule has 1 aromatic carbocycles. The topological polar surface area (TPSA) is 34.4 Å². The van der Waals surface area contributed by atoms with Gasteiger partial charge in [0.05, 0.1) is 15.2 Å². The molecule has 0 aliphatic heterocycles. The molecule has 0 saturated carbocycles. The summed E-state index contributed by atoms with van der Waals surface area (Å²) in [7, 11) is 1.86. The van der Waals surface area contributed by atoms with Gasteiger partial charge in [-0.25, -0.2) is 0 Å². The van der Waals surface area contributed by atoms with Gasteiger partial charge in [-0.05, 0) is 29.7 Å². The molecule has 106 valence electrons. The van der Waals surface area contributed by atoms with Crippen LogP contribution in [-0.4, -0.2) is 10.5 Å². The maximum Gasteiger partial charge on any atom is 0.272 e. The summed E-state index contributed by atoms with van der Waals surface area (Å²) in [5.41, 5.74) is 0.901. The van der Waals surface area contributed by atoms with E-state index in [0.29, 0.717) is 9.82 Å². The summed E-state index contributed by atoms with van der Waals surface area (Å²) in [6.45, 7) is 0. The summed E-state index contributed by atoms with van der Waals surface area (Å²) in [6.07, 6.45) is 3.26. The van der Waals surface area contributed by atoms with Crippen LogP contribution in [0.1, 0.15) is 4.88 Å². The Hall–Kier alpha value is -1.69. The number of amides is 1. The zero-order chi connectivity index (χ0) is 14.8. The van der Waals surface area contributed by atoms with E-state index in [9.17, 15) is 4.79 Å². The average molecular weight is 335 g/mol. The van der Waals surface area contributed by atoms with Gasteiger partial charge < -0.3 is 4.57 Å². The molecule has 3 nitrogen and oxygen atoms in total. The first-order chi connectivity index (χ1) is 10.1. The van der Waals surface area contributed by atoms with Crippen LogP contribution in [0.5, 0.6) is 0 Å². The number of thiophene rings is 1. The van der Waals surface area contributed by atoms with Crippen LogP contribution in [0, 0.1) is 0 Å². The van der Waals surface area contributed by atoms with Crippen LogP contribution < -0.4 is 4.80 Å². The Labute approximate surface area is 134 Å². The molecule has 0 aliphatic rings. The monoisotopic (exact) mass is 334 g/mol. The first kappa shape index (κ1) is 14.3. The van der Waals surface area contributed by atoms with Crippen molar-refractivity contribution in [3.63, 3.8) is 0 Å². The molecule has 2 aromatic heterocycles. The van der Waals surface area contributed by atoms with Crippen molar-refractivity contribution in [3.8, 4) is 0 Å². The predicted molar refractivity (Wildman–Crippen MR) is 89.7 cm³/mol. The van der Waals surface area contributed by atoms with Gasteiger partial charge in [-0.1, -0.05) is 35.1 Å². The van der Waals surface area contributed by atoms with E-state index in [2.05, 4.69) is 4.99 Å². The minimum Gasteiger partial charge on any atom is -0.318 e. The third-order valence-corrected chi connectivity index (χ3v) is 5.15. The first-order valence-electron chi connectivity index (χ1n) is 6.19. The zero-order valence-electron chi connectivity index (χ0n) is 11.1. The van der Waals surface area contributed by atoms with Gasteiger partial charge in [0.2, 0.25) is 0 Å². The number of hydrogen-bond donors (Lipinski definition) is 0. The summed E-state index contributed by atoms with van der Waals surface area (Å²) in [5.74, 6) is -0.276. The van der Waals surface area contributed by atoms with Gasteiger partial charge in [0, 0.05) is 18.0 Å². The minimum atomic E-state index is -0.276. The van der Waals surface area contributed by atoms with E-state index in [4.69, 9.17) is 11.6 Å². The molecule has 0 atom stereocenters. The molecule has 0 spiro atoms. The maximum atomic E-state index is 11.9. The summed E-state index contributed by atoms with van der Waals surface area (Å²) in [6, 6.07) is 9.59. The number of aromatic nitrogens is 1. The molecule has 0 aliphatic carbocycles. The van der Waals surface area contributed by atoms with Crippen LogP contribution in [-0.2, 0) is 11.8 Å². The van der Waals surface area contributed by atoms with Gasteiger partial charge in [0.1, 0.15) is 0 Å². The largest absolute Gasteiger partial charge is 0.318 e. The molecule has 0 unspecified atom stereocenters. The van der Waals surface area contributed by atoms with E-state index in [1.54, 1.807) is 17.4 Å². The lowest BCUT2D eigenvalue weighted by Gasteiger charge is -1.96. The number of rotatable bonds is 2. The number of halogens is 1. The Balaban J connectivity index is 1.98. The van der Waals surface area contributed by atoms with Gasteiger partial charge >= 0.3 is 0 Å². The predicted octanol–water partition coefficient (Wildman–Crippen LogP) is 4.10. The zero-order valence-corrected chi connectivity index (χ0v) is 13.5. The van der Waals surface area contributed by atoms with Crippen molar-refractivity contribution in [1.29, 1.82) is 0 Å². The summed E-state index contributed by atoms with van der Waals surface area (Å²) < 4.78 is 2.86. The van der Waals surface area contributed by atoms with E-state index in [1.165, 1.54) is 17.4 Å². The molecule has 0 fully saturated rings. The van der Waals surface area contributed by atoms with Crippen LogP contribution in [0.15, 0.2) is 46.8 Å². The van der Waals surface area contributed by atoms with Gasteiger partial charge in [0.15, 0.2) is 4.80 Å². The first-order valence-corrected chi connectivity index (χ1v) is 8.27. The Bertz CT molecular complexity index is 888. The molecule has 0 saturated heterocycles. The lowest BCUT2D eigenvalue weighted by molar-refractivity contribution is -0.113. The van der Waals surface area contributed by atoms with Crippen molar-refractivity contribution < 1.29 is 4.79 Å². The molecule has 0 bridgehead atoms. The number of carbonyl (C=O) groups excluding carboxylic acids is 1. The highest BCUT2D eigenvalue weighted by atomic mass is 35.5. The number of nitrogens with zero attached hydrogens (tertiary/aromatic N) is 2. The summed E-state index contributed by atoms with van der Waals surface area (Å²) in [5, 5.41) is 2.63. The minimum absolute atomic E-state index is 0.276. The molecular formula is C15H11ClN2OS2. The smallest absolute Gasteiger partial charge is 0.272 e. The van der Waals surface area contributed by atoms with E-state index < -0.39 is 0 Å². The third-order valence-electron chi connectivity index (χ3n) is 2.91. The molecule has 0 N–H and O–H groups in total. The fourth-order valence-electron chi connectivity index (χ4n) is 1.93. The van der Waals surface area contributed by atoms with Gasteiger partial charge in [0.25, 0.3) is 5.91 Å². The second-order valence-electron chi connectivity index (χ2n) is 4.33. The van der Waals surface area contributed by atoms with Crippen molar-refractivity contribution in [2.45, 2.75) is 0 Å². The highest BCUT2D eigenvalue weighted by molar-refractivity contribution is 7.16. The number of fused-ring (bicyclic) bond motifs is 1. The fourth-order valence-corrected chi connectivity index (χ4v) is 3.96. The van der Waals surface area contributed by atoms with E-state index in [1.807, 2.05) is 47.3 Å². The van der Waals surface area contributed by atoms with Gasteiger partial charge in [-0.2, -0.15) is 4.99 Å². The van der Waals surface area contributed by atoms with Crippen molar-refractivity contribution in [2.75, 3.05) is 0 Å². The fraction of sp³-hybridized carbons (Fsp3) is 0.0667. The Morgan fingerprint density at radius 1 is 1.33 bits per heavy atom. The second-order valence-corrected chi connectivity index (χ2v) is 6.72. The Morgan fingerprint density at radius 2 is 2.19 bits per heavy atom. The lowest BCUT2D eigenvalue weighted by Crippen LogP contribution is -2.12. The molecule has 3 aromatic rings. The highest BCUT2D eigenvalue weighted by Crippen LogP contribution is 2.24. The molecule has 1 amide bonds. The van der Waals surface area contributed by atoms with E-state index in [-0.39, 0.29) is 5.91 Å². The van der Waals surface area contributed by atoms with Crippen molar-refractivity contribution in [1.82, 2.24) is 4.57 Å². The molecular weight excluding hydrogens is 324 g/mol.